The largest absolute Gasteiger partial charge is 0.497 e. The molecule has 5 atom stereocenters. The van der Waals surface area contributed by atoms with Crippen molar-refractivity contribution in [3.05, 3.63) is 59.2 Å². The maximum Gasteiger partial charge on any atom is 0.285 e. The summed E-state index contributed by atoms with van der Waals surface area (Å²) in [5.41, 5.74) is 2.44. The quantitative estimate of drug-likeness (QED) is 0.380. The van der Waals surface area contributed by atoms with Gasteiger partial charge in [-0.3, -0.25) is 0 Å². The van der Waals surface area contributed by atoms with Crippen molar-refractivity contribution in [2.24, 2.45) is 21.6 Å². The molecule has 0 aromatic heterocycles. The highest BCUT2D eigenvalue weighted by Crippen LogP contribution is 2.65. The molecule has 200 valence electrons. The van der Waals surface area contributed by atoms with E-state index in [1.807, 2.05) is 13.8 Å². The number of fused-ring (bicyclic) bond motifs is 5. The van der Waals surface area contributed by atoms with Crippen molar-refractivity contribution < 1.29 is 23.0 Å². The summed E-state index contributed by atoms with van der Waals surface area (Å²) in [6.07, 6.45) is 5.72. The van der Waals surface area contributed by atoms with E-state index in [2.05, 4.69) is 29.5 Å². The first-order chi connectivity index (χ1) is 17.6. The van der Waals surface area contributed by atoms with Crippen LogP contribution in [-0.2, 0) is 21.2 Å². The number of hydrogen-bond acceptors (Lipinski definition) is 5. The Bertz CT molecular complexity index is 1290. The van der Waals surface area contributed by atoms with Gasteiger partial charge in [-0.25, -0.2) is 0 Å². The van der Waals surface area contributed by atoms with Gasteiger partial charge < -0.3 is 14.6 Å². The van der Waals surface area contributed by atoms with Gasteiger partial charge in [0.25, 0.3) is 10.0 Å². The molecular formula is C30H39NO5S. The number of ether oxygens (including phenoxy) is 2. The van der Waals surface area contributed by atoms with E-state index in [-0.39, 0.29) is 22.6 Å². The Hall–Kier alpha value is -2.38. The highest BCUT2D eigenvalue weighted by molar-refractivity contribution is 7.90. The molecule has 0 unspecified atom stereocenters. The third-order valence-electron chi connectivity index (χ3n) is 9.55. The minimum absolute atomic E-state index is 0.107. The van der Waals surface area contributed by atoms with E-state index in [0.29, 0.717) is 30.8 Å². The maximum absolute atomic E-state index is 13.1. The Morgan fingerprint density at radius 1 is 1.11 bits per heavy atom. The fourth-order valence-corrected chi connectivity index (χ4v) is 8.48. The fourth-order valence-electron chi connectivity index (χ4n) is 7.51. The number of aliphatic hydroxyl groups is 1. The first-order valence-corrected chi connectivity index (χ1v) is 15.0. The molecule has 3 aliphatic carbocycles. The van der Waals surface area contributed by atoms with Crippen LogP contribution in [0.4, 0.5) is 0 Å². The number of hydrogen-bond donors (Lipinski definition) is 1. The lowest BCUT2D eigenvalue weighted by Gasteiger charge is -2.53. The highest BCUT2D eigenvalue weighted by atomic mass is 32.2. The molecule has 3 aliphatic rings. The van der Waals surface area contributed by atoms with Crippen LogP contribution >= 0.6 is 0 Å². The van der Waals surface area contributed by atoms with Gasteiger partial charge >= 0.3 is 0 Å². The van der Waals surface area contributed by atoms with E-state index >= 15 is 0 Å². The molecule has 2 aromatic rings. The SMILES string of the molecule is CCOC(C[C@]1(O)CC[C@H]2[C@@H]3CCc4cc(OC)ccc4[C@H]3CC[C@@]21C)=NS(=O)(=O)c1ccc(C)cc1. The molecule has 6 nitrogen and oxygen atoms in total. The lowest BCUT2D eigenvalue weighted by molar-refractivity contribution is -0.0997. The van der Waals surface area contributed by atoms with Crippen LogP contribution in [0.15, 0.2) is 51.8 Å². The summed E-state index contributed by atoms with van der Waals surface area (Å²) in [5, 5.41) is 12.1. The topological polar surface area (TPSA) is 85.2 Å². The molecule has 2 fully saturated rings. The zero-order chi connectivity index (χ0) is 26.4. The Morgan fingerprint density at radius 2 is 1.86 bits per heavy atom. The molecule has 5 rings (SSSR count). The second-order valence-electron chi connectivity index (χ2n) is 11.4. The van der Waals surface area contributed by atoms with Gasteiger partial charge in [-0.05, 0) is 111 Å². The highest BCUT2D eigenvalue weighted by Gasteiger charge is 2.61. The van der Waals surface area contributed by atoms with E-state index in [1.165, 1.54) is 11.1 Å². The van der Waals surface area contributed by atoms with E-state index < -0.39 is 15.6 Å². The molecular weight excluding hydrogens is 486 g/mol. The molecule has 2 aromatic carbocycles. The first-order valence-electron chi connectivity index (χ1n) is 13.5. The van der Waals surface area contributed by atoms with Crippen LogP contribution in [0.25, 0.3) is 0 Å². The number of sulfonamides is 1. The van der Waals surface area contributed by atoms with Crippen molar-refractivity contribution in [3.63, 3.8) is 0 Å². The number of methoxy groups -OCH3 is 1. The Balaban J connectivity index is 1.41. The van der Waals surface area contributed by atoms with Crippen molar-refractivity contribution in [2.45, 2.75) is 82.1 Å². The molecule has 0 aliphatic heterocycles. The monoisotopic (exact) mass is 525 g/mol. The van der Waals surface area contributed by atoms with Crippen LogP contribution < -0.4 is 4.74 Å². The predicted octanol–water partition coefficient (Wildman–Crippen LogP) is 5.80. The second kappa shape index (κ2) is 9.73. The fraction of sp³-hybridized carbons (Fsp3) is 0.567. The van der Waals surface area contributed by atoms with E-state index in [1.54, 1.807) is 31.4 Å². The third-order valence-corrected chi connectivity index (χ3v) is 10.9. The minimum Gasteiger partial charge on any atom is -0.497 e. The van der Waals surface area contributed by atoms with Gasteiger partial charge in [0.1, 0.15) is 5.75 Å². The van der Waals surface area contributed by atoms with Crippen LogP contribution in [0.5, 0.6) is 5.75 Å². The lowest BCUT2D eigenvalue weighted by atomic mass is 9.53. The number of nitrogens with zero attached hydrogens (tertiary/aromatic N) is 1. The third kappa shape index (κ3) is 4.59. The number of benzene rings is 2. The van der Waals surface area contributed by atoms with Crippen molar-refractivity contribution in [1.82, 2.24) is 0 Å². The minimum atomic E-state index is -3.93. The van der Waals surface area contributed by atoms with Gasteiger partial charge in [-0.15, -0.1) is 4.40 Å². The summed E-state index contributed by atoms with van der Waals surface area (Å²) < 4.78 is 41.4. The molecule has 37 heavy (non-hydrogen) atoms. The van der Waals surface area contributed by atoms with Crippen LogP contribution in [0, 0.1) is 24.2 Å². The van der Waals surface area contributed by atoms with Crippen LogP contribution in [0.3, 0.4) is 0 Å². The molecule has 0 amide bonds. The Kier molecular flexibility index (Phi) is 6.90. The van der Waals surface area contributed by atoms with Crippen LogP contribution in [0.2, 0.25) is 0 Å². The summed E-state index contributed by atoms with van der Waals surface area (Å²) in [4.78, 5) is 0.135. The lowest BCUT2D eigenvalue weighted by Crippen LogP contribution is -2.51. The van der Waals surface area contributed by atoms with Crippen molar-refractivity contribution in [2.75, 3.05) is 13.7 Å². The smallest absolute Gasteiger partial charge is 0.285 e. The van der Waals surface area contributed by atoms with Gasteiger partial charge in [0.05, 0.1) is 30.6 Å². The zero-order valence-corrected chi connectivity index (χ0v) is 23.2. The Labute approximate surface area is 221 Å². The first kappa shape index (κ1) is 26.2. The number of aryl methyl sites for hydroxylation is 2. The van der Waals surface area contributed by atoms with Crippen LogP contribution in [-0.4, -0.2) is 38.7 Å². The van der Waals surface area contributed by atoms with E-state index in [0.717, 1.165) is 43.4 Å². The summed E-state index contributed by atoms with van der Waals surface area (Å²) in [5.74, 6) is 2.41. The van der Waals surface area contributed by atoms with E-state index in [4.69, 9.17) is 9.47 Å². The predicted molar refractivity (Wildman–Crippen MR) is 145 cm³/mol. The molecule has 0 radical (unpaired) electrons. The molecule has 0 saturated heterocycles. The van der Waals surface area contributed by atoms with Crippen LogP contribution in [0.1, 0.15) is 75.0 Å². The zero-order valence-electron chi connectivity index (χ0n) is 22.4. The normalized spacial score (nSPS) is 31.3. The molecule has 2 saturated carbocycles. The van der Waals surface area contributed by atoms with Gasteiger partial charge in [0.2, 0.25) is 5.90 Å². The van der Waals surface area contributed by atoms with Crippen molar-refractivity contribution >= 4 is 15.9 Å². The molecule has 0 heterocycles. The van der Waals surface area contributed by atoms with E-state index in [9.17, 15) is 13.5 Å². The average Bonchev–Trinajstić information content (AvgIpc) is 3.13. The molecule has 1 N–H and O–H groups in total. The van der Waals surface area contributed by atoms with Gasteiger partial charge in [0.15, 0.2) is 0 Å². The van der Waals surface area contributed by atoms with Gasteiger partial charge in [-0.2, -0.15) is 8.42 Å². The summed E-state index contributed by atoms with van der Waals surface area (Å²) in [6.45, 7) is 6.23. The van der Waals surface area contributed by atoms with Gasteiger partial charge in [-0.1, -0.05) is 30.7 Å². The Morgan fingerprint density at radius 3 is 2.57 bits per heavy atom. The van der Waals surface area contributed by atoms with Crippen molar-refractivity contribution in [1.29, 1.82) is 0 Å². The average molecular weight is 526 g/mol. The number of rotatable bonds is 6. The molecule has 0 spiro atoms. The summed E-state index contributed by atoms with van der Waals surface area (Å²) in [7, 11) is -2.22. The second-order valence-corrected chi connectivity index (χ2v) is 13.0. The maximum atomic E-state index is 13.1. The summed E-state index contributed by atoms with van der Waals surface area (Å²) in [6, 6.07) is 13.1. The molecule has 7 heteroatoms. The van der Waals surface area contributed by atoms with Crippen molar-refractivity contribution in [3.8, 4) is 5.75 Å². The molecule has 0 bridgehead atoms. The van der Waals surface area contributed by atoms with Gasteiger partial charge in [0, 0.05) is 0 Å². The summed E-state index contributed by atoms with van der Waals surface area (Å²) >= 11 is 0. The standard InChI is InChI=1S/C30H39NO5S/c1-5-36-28(31-37(33,34)23-10-6-20(2)7-11-23)19-30(32)17-15-27-26-12-8-21-18-22(35-4)9-13-24(21)25(26)14-16-29(27,30)3/h6-7,9-11,13,18,25-27,32H,5,8,12,14-17,19H2,1-4H3/t25-,26-,27+,29+,30-/m1/s1.